The van der Waals surface area contributed by atoms with Gasteiger partial charge in [-0.1, -0.05) is 30.7 Å². The molecule has 2 aromatic carbocycles. The van der Waals surface area contributed by atoms with Gasteiger partial charge in [0.15, 0.2) is 6.10 Å². The first-order valence-electron chi connectivity index (χ1n) is 7.20. The van der Waals surface area contributed by atoms with E-state index in [0.717, 1.165) is 6.07 Å². The predicted molar refractivity (Wildman–Crippen MR) is 86.2 cm³/mol. The molecule has 128 valence electrons. The number of halogens is 4. The first kappa shape index (κ1) is 18.1. The van der Waals surface area contributed by atoms with Crippen LogP contribution in [-0.4, -0.2) is 12.0 Å². The number of rotatable bonds is 5. The lowest BCUT2D eigenvalue weighted by atomic mass is 10.1. The standard InChI is InChI=1S/C17H15ClF3NO2/c1-2-15(24-12-9-7-11(18)8-10-12)16(23)22-14-6-4-3-5-13(14)17(19,20)21/h3-10,15H,2H2,1H3,(H,22,23)/t15-/m0/s1. The molecular formula is C17H15ClF3NO2. The smallest absolute Gasteiger partial charge is 0.418 e. The number of carbonyl (C=O) groups excluding carboxylic acids is 1. The van der Waals surface area contributed by atoms with Crippen molar-refractivity contribution in [3.8, 4) is 5.75 Å². The van der Waals surface area contributed by atoms with E-state index in [1.807, 2.05) is 0 Å². The van der Waals surface area contributed by atoms with Gasteiger partial charge in [0.2, 0.25) is 0 Å². The maximum absolute atomic E-state index is 13.0. The third kappa shape index (κ3) is 4.64. The van der Waals surface area contributed by atoms with Crippen LogP contribution >= 0.6 is 11.6 Å². The minimum Gasteiger partial charge on any atom is -0.481 e. The summed E-state index contributed by atoms with van der Waals surface area (Å²) in [4.78, 5) is 12.3. The Morgan fingerprint density at radius 1 is 1.17 bits per heavy atom. The quantitative estimate of drug-likeness (QED) is 0.803. The van der Waals surface area contributed by atoms with Crippen molar-refractivity contribution >= 4 is 23.2 Å². The van der Waals surface area contributed by atoms with Crippen molar-refractivity contribution in [2.45, 2.75) is 25.6 Å². The highest BCUT2D eigenvalue weighted by atomic mass is 35.5. The molecule has 0 saturated heterocycles. The van der Waals surface area contributed by atoms with Crippen molar-refractivity contribution < 1.29 is 22.7 Å². The monoisotopic (exact) mass is 357 g/mol. The molecule has 0 aliphatic carbocycles. The van der Waals surface area contributed by atoms with E-state index in [1.54, 1.807) is 31.2 Å². The average molecular weight is 358 g/mol. The van der Waals surface area contributed by atoms with E-state index in [0.29, 0.717) is 17.2 Å². The van der Waals surface area contributed by atoms with Crippen LogP contribution < -0.4 is 10.1 Å². The first-order valence-corrected chi connectivity index (χ1v) is 7.58. The molecule has 0 bridgehead atoms. The summed E-state index contributed by atoms with van der Waals surface area (Å²) in [7, 11) is 0. The summed E-state index contributed by atoms with van der Waals surface area (Å²) in [6, 6.07) is 11.2. The van der Waals surface area contributed by atoms with E-state index in [2.05, 4.69) is 5.32 Å². The molecule has 0 aliphatic heterocycles. The topological polar surface area (TPSA) is 38.3 Å². The Kier molecular flexibility index (Phi) is 5.72. The third-order valence-corrected chi connectivity index (χ3v) is 3.50. The predicted octanol–water partition coefficient (Wildman–Crippen LogP) is 5.15. The molecule has 0 saturated carbocycles. The van der Waals surface area contributed by atoms with Crippen LogP contribution in [0.5, 0.6) is 5.75 Å². The number of anilines is 1. The molecule has 0 spiro atoms. The molecule has 7 heteroatoms. The Morgan fingerprint density at radius 3 is 2.38 bits per heavy atom. The van der Waals surface area contributed by atoms with Crippen molar-refractivity contribution in [2.24, 2.45) is 0 Å². The van der Waals surface area contributed by atoms with Gasteiger partial charge in [0.25, 0.3) is 5.91 Å². The molecule has 1 atom stereocenters. The molecule has 0 aliphatic rings. The van der Waals surface area contributed by atoms with Crippen LogP contribution in [0.25, 0.3) is 0 Å². The van der Waals surface area contributed by atoms with Crippen molar-refractivity contribution in [1.29, 1.82) is 0 Å². The summed E-state index contributed by atoms with van der Waals surface area (Å²) in [5, 5.41) is 2.80. The first-order chi connectivity index (χ1) is 11.3. The van der Waals surface area contributed by atoms with Gasteiger partial charge in [-0.25, -0.2) is 0 Å². The Labute approximate surface area is 142 Å². The van der Waals surface area contributed by atoms with Crippen molar-refractivity contribution in [3.63, 3.8) is 0 Å². The van der Waals surface area contributed by atoms with Crippen LogP contribution in [-0.2, 0) is 11.0 Å². The number of ether oxygens (including phenoxy) is 1. The molecular weight excluding hydrogens is 343 g/mol. The number of hydrogen-bond acceptors (Lipinski definition) is 2. The summed E-state index contributed by atoms with van der Waals surface area (Å²) in [6.45, 7) is 1.70. The van der Waals surface area contributed by atoms with Gasteiger partial charge in [-0.3, -0.25) is 4.79 Å². The molecule has 0 radical (unpaired) electrons. The van der Waals surface area contributed by atoms with E-state index < -0.39 is 23.8 Å². The number of nitrogens with one attached hydrogen (secondary N) is 1. The molecule has 0 heterocycles. The van der Waals surface area contributed by atoms with E-state index >= 15 is 0 Å². The van der Waals surface area contributed by atoms with Crippen LogP contribution in [0.1, 0.15) is 18.9 Å². The number of amides is 1. The Balaban J connectivity index is 2.14. The van der Waals surface area contributed by atoms with Gasteiger partial charge in [0.1, 0.15) is 5.75 Å². The summed E-state index contributed by atoms with van der Waals surface area (Å²) in [5.74, 6) is -0.241. The van der Waals surface area contributed by atoms with Gasteiger partial charge in [0, 0.05) is 5.02 Å². The highest BCUT2D eigenvalue weighted by Gasteiger charge is 2.34. The molecule has 2 rings (SSSR count). The second-order valence-electron chi connectivity index (χ2n) is 5.00. The molecule has 0 aromatic heterocycles. The number of hydrogen-bond donors (Lipinski definition) is 1. The fourth-order valence-electron chi connectivity index (χ4n) is 2.05. The van der Waals surface area contributed by atoms with Gasteiger partial charge in [0.05, 0.1) is 11.3 Å². The average Bonchev–Trinajstić information content (AvgIpc) is 2.53. The molecule has 0 unspecified atom stereocenters. The molecule has 1 amide bonds. The van der Waals surface area contributed by atoms with Gasteiger partial charge in [-0.05, 0) is 42.8 Å². The number of carbonyl (C=O) groups is 1. The zero-order valence-electron chi connectivity index (χ0n) is 12.7. The third-order valence-electron chi connectivity index (χ3n) is 3.25. The maximum atomic E-state index is 13.0. The van der Waals surface area contributed by atoms with Crippen molar-refractivity contribution in [3.05, 3.63) is 59.1 Å². The summed E-state index contributed by atoms with van der Waals surface area (Å²) >= 11 is 5.77. The van der Waals surface area contributed by atoms with Crippen molar-refractivity contribution in [2.75, 3.05) is 5.32 Å². The lowest BCUT2D eigenvalue weighted by Crippen LogP contribution is -2.33. The zero-order chi connectivity index (χ0) is 17.7. The van der Waals surface area contributed by atoms with E-state index in [4.69, 9.17) is 16.3 Å². The number of alkyl halides is 3. The maximum Gasteiger partial charge on any atom is 0.418 e. The van der Waals surface area contributed by atoms with Gasteiger partial charge >= 0.3 is 6.18 Å². The molecule has 3 nitrogen and oxygen atoms in total. The summed E-state index contributed by atoms with van der Waals surface area (Å²) in [5.41, 5.74) is -1.20. The lowest BCUT2D eigenvalue weighted by Gasteiger charge is -2.19. The summed E-state index contributed by atoms with van der Waals surface area (Å²) in [6.07, 6.45) is -5.18. The van der Waals surface area contributed by atoms with Gasteiger partial charge < -0.3 is 10.1 Å². The number of benzene rings is 2. The normalized spacial score (nSPS) is 12.5. The van der Waals surface area contributed by atoms with E-state index in [-0.39, 0.29) is 5.69 Å². The highest BCUT2D eigenvalue weighted by Crippen LogP contribution is 2.34. The van der Waals surface area contributed by atoms with Gasteiger partial charge in [-0.2, -0.15) is 13.2 Å². The fourth-order valence-corrected chi connectivity index (χ4v) is 2.18. The van der Waals surface area contributed by atoms with Crippen LogP contribution in [0.3, 0.4) is 0 Å². The van der Waals surface area contributed by atoms with E-state index in [1.165, 1.54) is 18.2 Å². The Morgan fingerprint density at radius 2 is 1.79 bits per heavy atom. The Bertz CT molecular complexity index is 702. The number of para-hydroxylation sites is 1. The van der Waals surface area contributed by atoms with Gasteiger partial charge in [-0.15, -0.1) is 0 Å². The second-order valence-corrected chi connectivity index (χ2v) is 5.44. The lowest BCUT2D eigenvalue weighted by molar-refractivity contribution is -0.137. The minimum absolute atomic E-state index is 0.294. The largest absolute Gasteiger partial charge is 0.481 e. The Hall–Kier alpha value is -2.21. The fraction of sp³-hybridized carbons (Fsp3) is 0.235. The molecule has 24 heavy (non-hydrogen) atoms. The zero-order valence-corrected chi connectivity index (χ0v) is 13.5. The molecule has 0 fully saturated rings. The molecule has 2 aromatic rings. The van der Waals surface area contributed by atoms with Crippen LogP contribution in [0.15, 0.2) is 48.5 Å². The van der Waals surface area contributed by atoms with E-state index in [9.17, 15) is 18.0 Å². The second kappa shape index (κ2) is 7.57. The molecule has 1 N–H and O–H groups in total. The summed E-state index contributed by atoms with van der Waals surface area (Å²) < 4.78 is 44.4. The van der Waals surface area contributed by atoms with Crippen molar-refractivity contribution in [1.82, 2.24) is 0 Å². The van der Waals surface area contributed by atoms with Crippen LogP contribution in [0, 0.1) is 0 Å². The highest BCUT2D eigenvalue weighted by molar-refractivity contribution is 6.30. The SMILES string of the molecule is CC[C@H](Oc1ccc(Cl)cc1)C(=O)Nc1ccccc1C(F)(F)F. The van der Waals surface area contributed by atoms with Crippen LogP contribution in [0.4, 0.5) is 18.9 Å². The van der Waals surface area contributed by atoms with Crippen LogP contribution in [0.2, 0.25) is 5.02 Å². The minimum atomic E-state index is -4.55.